The van der Waals surface area contributed by atoms with Crippen LogP contribution in [0.15, 0.2) is 69.1 Å². The van der Waals surface area contributed by atoms with Crippen LogP contribution in [-0.4, -0.2) is 0 Å². The van der Waals surface area contributed by atoms with Crippen molar-refractivity contribution in [3.05, 3.63) is 76.0 Å². The summed E-state index contributed by atoms with van der Waals surface area (Å²) in [4.78, 5) is 0. The molecule has 28 heavy (non-hydrogen) atoms. The van der Waals surface area contributed by atoms with E-state index in [4.69, 9.17) is 4.42 Å². The normalized spacial score (nSPS) is 14.4. The Bertz CT molecular complexity index is 1250. The maximum Gasteiger partial charge on any atom is 0.142 e. The van der Waals surface area contributed by atoms with Crippen LogP contribution in [0, 0.1) is 5.41 Å². The molecule has 1 heterocycles. The molecule has 1 aliphatic rings. The molecule has 0 atom stereocenters. The second-order valence-corrected chi connectivity index (χ2v) is 9.63. The van der Waals surface area contributed by atoms with Gasteiger partial charge in [0.1, 0.15) is 11.3 Å². The van der Waals surface area contributed by atoms with Crippen molar-refractivity contribution in [3.63, 3.8) is 0 Å². The van der Waals surface area contributed by atoms with Crippen molar-refractivity contribution >= 4 is 43.7 Å². The maximum absolute atomic E-state index is 6.43. The first kappa shape index (κ1) is 17.8. The summed E-state index contributed by atoms with van der Waals surface area (Å²) >= 11 is 3.63. The van der Waals surface area contributed by atoms with Crippen molar-refractivity contribution < 1.29 is 4.42 Å². The van der Waals surface area contributed by atoms with Crippen LogP contribution in [0.25, 0.3) is 38.9 Å². The van der Waals surface area contributed by atoms with Crippen LogP contribution in [0.4, 0.5) is 0 Å². The van der Waals surface area contributed by atoms with Gasteiger partial charge in [0.2, 0.25) is 0 Å². The van der Waals surface area contributed by atoms with Gasteiger partial charge >= 0.3 is 0 Å². The first-order valence-electron chi connectivity index (χ1n) is 9.86. The highest BCUT2D eigenvalue weighted by atomic mass is 79.9. The smallest absolute Gasteiger partial charge is 0.142 e. The van der Waals surface area contributed by atoms with Gasteiger partial charge in [-0.05, 0) is 46.5 Å². The van der Waals surface area contributed by atoms with Gasteiger partial charge in [-0.2, -0.15) is 0 Å². The average Bonchev–Trinajstić information content (AvgIpc) is 3.05. The van der Waals surface area contributed by atoms with E-state index in [1.807, 2.05) is 0 Å². The molecule has 1 aliphatic carbocycles. The maximum atomic E-state index is 6.43. The number of furan rings is 1. The number of fused-ring (bicyclic) bond motifs is 5. The third-order valence-corrected chi connectivity index (χ3v) is 6.34. The minimum Gasteiger partial charge on any atom is -0.460 e. The standard InChI is InChI=1S/C26H23BrO/c1-26(2,3)17-11-12-24-22(14-17)23-15-21(16-7-6-8-18(27)13-16)19-9-4-5-10-20(19)25(23)28-24/h4-10,13-15H,11-12H2,1-3H3. The van der Waals surface area contributed by atoms with Crippen molar-refractivity contribution in [1.29, 1.82) is 0 Å². The highest BCUT2D eigenvalue weighted by Gasteiger charge is 2.25. The summed E-state index contributed by atoms with van der Waals surface area (Å²) in [5.41, 5.74) is 6.45. The van der Waals surface area contributed by atoms with Crippen LogP contribution in [0.1, 0.15) is 38.5 Å². The summed E-state index contributed by atoms with van der Waals surface area (Å²) in [7, 11) is 0. The molecule has 0 saturated heterocycles. The second kappa shape index (κ2) is 6.35. The number of hydrogen-bond acceptors (Lipinski definition) is 1. The van der Waals surface area contributed by atoms with Gasteiger partial charge in [0.25, 0.3) is 0 Å². The highest BCUT2D eigenvalue weighted by Crippen LogP contribution is 2.43. The third kappa shape index (κ3) is 2.82. The Kier molecular flexibility index (Phi) is 4.03. The van der Waals surface area contributed by atoms with Crippen LogP contribution in [0.2, 0.25) is 0 Å². The Hall–Kier alpha value is -2.32. The van der Waals surface area contributed by atoms with E-state index in [2.05, 4.69) is 97.4 Å². The summed E-state index contributed by atoms with van der Waals surface area (Å²) in [5, 5.41) is 3.65. The number of rotatable bonds is 1. The van der Waals surface area contributed by atoms with E-state index in [-0.39, 0.29) is 5.41 Å². The van der Waals surface area contributed by atoms with Gasteiger partial charge in [-0.1, -0.05) is 84.7 Å². The molecule has 0 unspecified atom stereocenters. The van der Waals surface area contributed by atoms with Gasteiger partial charge in [0.05, 0.1) is 0 Å². The minimum atomic E-state index is 0.186. The average molecular weight is 431 g/mol. The van der Waals surface area contributed by atoms with Crippen LogP contribution in [0.5, 0.6) is 0 Å². The quantitative estimate of drug-likeness (QED) is 0.295. The summed E-state index contributed by atoms with van der Waals surface area (Å²) in [6.07, 6.45) is 4.44. The van der Waals surface area contributed by atoms with Crippen LogP contribution in [-0.2, 0) is 6.42 Å². The molecule has 0 amide bonds. The summed E-state index contributed by atoms with van der Waals surface area (Å²) < 4.78 is 7.52. The molecule has 0 bridgehead atoms. The predicted molar refractivity (Wildman–Crippen MR) is 123 cm³/mol. The van der Waals surface area contributed by atoms with Crippen LogP contribution in [0.3, 0.4) is 0 Å². The number of hydrogen-bond donors (Lipinski definition) is 0. The number of aryl methyl sites for hydroxylation is 1. The predicted octanol–water partition coefficient (Wildman–Crippen LogP) is 8.39. The molecule has 0 saturated carbocycles. The van der Waals surface area contributed by atoms with Crippen molar-refractivity contribution in [2.45, 2.75) is 33.6 Å². The Morgan fingerprint density at radius 1 is 0.857 bits per heavy atom. The SMILES string of the molecule is CC(C)(C)C1=Cc2c(oc3c2cc(-c2cccc(Br)c2)c2ccccc23)CC1. The lowest BCUT2D eigenvalue weighted by Crippen LogP contribution is -2.12. The van der Waals surface area contributed by atoms with Gasteiger partial charge in [0, 0.05) is 27.2 Å². The second-order valence-electron chi connectivity index (χ2n) is 8.72. The fourth-order valence-electron chi connectivity index (χ4n) is 4.31. The van der Waals surface area contributed by atoms with E-state index >= 15 is 0 Å². The Balaban J connectivity index is 1.86. The Morgan fingerprint density at radius 3 is 2.39 bits per heavy atom. The molecule has 0 aliphatic heterocycles. The monoisotopic (exact) mass is 430 g/mol. The van der Waals surface area contributed by atoms with Crippen LogP contribution < -0.4 is 0 Å². The molecule has 2 heteroatoms. The lowest BCUT2D eigenvalue weighted by atomic mass is 9.79. The van der Waals surface area contributed by atoms with Crippen molar-refractivity contribution in [2.75, 3.05) is 0 Å². The molecule has 140 valence electrons. The summed E-state index contributed by atoms with van der Waals surface area (Å²) in [6, 6.07) is 19.5. The fourth-order valence-corrected chi connectivity index (χ4v) is 4.71. The highest BCUT2D eigenvalue weighted by molar-refractivity contribution is 9.10. The first-order valence-corrected chi connectivity index (χ1v) is 10.7. The van der Waals surface area contributed by atoms with Crippen molar-refractivity contribution in [1.82, 2.24) is 0 Å². The topological polar surface area (TPSA) is 13.1 Å². The van der Waals surface area contributed by atoms with E-state index in [1.165, 1.54) is 38.4 Å². The van der Waals surface area contributed by atoms with E-state index in [0.717, 1.165) is 28.7 Å². The molecule has 3 aromatic carbocycles. The zero-order chi connectivity index (χ0) is 19.5. The molecular weight excluding hydrogens is 408 g/mol. The number of halogens is 1. The molecule has 5 rings (SSSR count). The summed E-state index contributed by atoms with van der Waals surface area (Å²) in [6.45, 7) is 6.90. The molecule has 0 fully saturated rings. The van der Waals surface area contributed by atoms with Crippen molar-refractivity contribution in [3.8, 4) is 11.1 Å². The first-order chi connectivity index (χ1) is 13.4. The van der Waals surface area contributed by atoms with Gasteiger partial charge in [-0.15, -0.1) is 0 Å². The number of allylic oxidation sites excluding steroid dienone is 1. The zero-order valence-corrected chi connectivity index (χ0v) is 18.1. The molecule has 0 radical (unpaired) electrons. The van der Waals surface area contributed by atoms with Gasteiger partial charge in [0.15, 0.2) is 0 Å². The fraction of sp³-hybridized carbons (Fsp3) is 0.231. The van der Waals surface area contributed by atoms with E-state index in [1.54, 1.807) is 0 Å². The van der Waals surface area contributed by atoms with Crippen molar-refractivity contribution in [2.24, 2.45) is 5.41 Å². The van der Waals surface area contributed by atoms with E-state index in [0.29, 0.717) is 0 Å². The Morgan fingerprint density at radius 2 is 1.64 bits per heavy atom. The van der Waals surface area contributed by atoms with Gasteiger partial charge in [-0.3, -0.25) is 0 Å². The largest absolute Gasteiger partial charge is 0.460 e. The molecule has 1 aromatic heterocycles. The van der Waals surface area contributed by atoms with E-state index < -0.39 is 0 Å². The molecule has 0 N–H and O–H groups in total. The van der Waals surface area contributed by atoms with Gasteiger partial charge < -0.3 is 4.42 Å². The number of benzene rings is 3. The van der Waals surface area contributed by atoms with Crippen LogP contribution >= 0.6 is 15.9 Å². The Labute approximate surface area is 174 Å². The minimum absolute atomic E-state index is 0.186. The third-order valence-electron chi connectivity index (χ3n) is 5.85. The molecule has 4 aromatic rings. The van der Waals surface area contributed by atoms with Gasteiger partial charge in [-0.25, -0.2) is 0 Å². The molecule has 1 nitrogen and oxygen atoms in total. The van der Waals surface area contributed by atoms with E-state index in [9.17, 15) is 0 Å². The summed E-state index contributed by atoms with van der Waals surface area (Å²) in [5.74, 6) is 1.12. The lowest BCUT2D eigenvalue weighted by Gasteiger charge is -2.25. The molecule has 0 spiro atoms. The lowest BCUT2D eigenvalue weighted by molar-refractivity contribution is 0.468. The molecular formula is C26H23BrO. The zero-order valence-electron chi connectivity index (χ0n) is 16.5.